The Morgan fingerprint density at radius 3 is 2.28 bits per heavy atom. The van der Waals surface area contributed by atoms with Gasteiger partial charge in [0.1, 0.15) is 5.60 Å². The third-order valence-corrected chi connectivity index (χ3v) is 8.51. The summed E-state index contributed by atoms with van der Waals surface area (Å²) in [7, 11) is 1.88. The normalized spacial score (nSPS) is 27.9. The summed E-state index contributed by atoms with van der Waals surface area (Å²) in [5.74, 6) is 0.843. The number of methoxy groups -OCH3 is 1. The van der Waals surface area contributed by atoms with Gasteiger partial charge in [0.2, 0.25) is 0 Å². The van der Waals surface area contributed by atoms with Crippen LogP contribution in [0, 0.1) is 11.3 Å². The molecule has 2 nitrogen and oxygen atoms in total. The van der Waals surface area contributed by atoms with E-state index in [1.54, 1.807) is 0 Å². The first kappa shape index (κ1) is 19.8. The van der Waals surface area contributed by atoms with Crippen molar-refractivity contribution in [3.8, 4) is 0 Å². The second-order valence-electron chi connectivity index (χ2n) is 7.94. The number of rotatable bonds is 5. The van der Waals surface area contributed by atoms with Crippen LogP contribution >= 0.6 is 46.7 Å². The van der Waals surface area contributed by atoms with E-state index in [0.29, 0.717) is 17.5 Å². The molecular formula is C20H28INOS2. The van der Waals surface area contributed by atoms with Gasteiger partial charge in [0.15, 0.2) is 0 Å². The molecule has 1 N–H and O–H groups in total. The number of fused-ring (bicyclic) bond motifs is 2. The standard InChI is InChI=1S/C20H27NOS2.HI/c1-19(2)14-8-9-16(19)21-15(12-14)13-20(22-3,17-6-4-10-23-17)18-7-5-11-24-18;/h4-7,10-11,14-16,21H,8-9,12-13H2,1-3H3;1H. The Balaban J connectivity index is 0.00000182. The molecule has 0 spiro atoms. The summed E-state index contributed by atoms with van der Waals surface area (Å²) in [6.07, 6.45) is 4.99. The summed E-state index contributed by atoms with van der Waals surface area (Å²) in [5.41, 5.74) is 0.138. The molecule has 5 heteroatoms. The molecule has 4 rings (SSSR count). The molecule has 0 amide bonds. The number of hydrogen-bond donors (Lipinski definition) is 1. The van der Waals surface area contributed by atoms with Crippen molar-refractivity contribution >= 4 is 46.7 Å². The summed E-state index contributed by atoms with van der Waals surface area (Å²) in [6, 6.07) is 9.93. The maximum atomic E-state index is 6.25. The number of hydrogen-bond acceptors (Lipinski definition) is 4. The molecule has 2 bridgehead atoms. The second-order valence-corrected chi connectivity index (χ2v) is 9.83. The second kappa shape index (κ2) is 7.58. The predicted molar refractivity (Wildman–Crippen MR) is 118 cm³/mol. The highest BCUT2D eigenvalue weighted by Crippen LogP contribution is 2.51. The van der Waals surface area contributed by atoms with Crippen molar-refractivity contribution in [1.29, 1.82) is 0 Å². The first-order valence-electron chi connectivity index (χ1n) is 8.95. The minimum Gasteiger partial charge on any atom is -0.367 e. The lowest BCUT2D eigenvalue weighted by Crippen LogP contribution is -2.53. The van der Waals surface area contributed by atoms with Crippen LogP contribution in [0.15, 0.2) is 35.0 Å². The molecule has 2 aromatic rings. The van der Waals surface area contributed by atoms with Crippen molar-refractivity contribution in [2.24, 2.45) is 11.3 Å². The lowest BCUT2D eigenvalue weighted by atomic mass is 9.71. The topological polar surface area (TPSA) is 21.3 Å². The fraction of sp³-hybridized carbons (Fsp3) is 0.600. The van der Waals surface area contributed by atoms with Crippen molar-refractivity contribution < 1.29 is 4.74 Å². The van der Waals surface area contributed by atoms with E-state index >= 15 is 0 Å². The van der Waals surface area contributed by atoms with Crippen LogP contribution in [0.25, 0.3) is 0 Å². The maximum absolute atomic E-state index is 6.25. The number of nitrogens with one attached hydrogen (secondary N) is 1. The Hall–Kier alpha value is 0.0500. The van der Waals surface area contributed by atoms with Crippen molar-refractivity contribution in [2.75, 3.05) is 7.11 Å². The molecular weight excluding hydrogens is 461 g/mol. The van der Waals surface area contributed by atoms with Crippen molar-refractivity contribution in [3.63, 3.8) is 0 Å². The van der Waals surface area contributed by atoms with Gasteiger partial charge in [-0.2, -0.15) is 0 Å². The fourth-order valence-corrected chi connectivity index (χ4v) is 6.85. The first-order valence-corrected chi connectivity index (χ1v) is 10.7. The number of thiophene rings is 2. The van der Waals surface area contributed by atoms with E-state index in [1.165, 1.54) is 29.0 Å². The zero-order chi connectivity index (χ0) is 16.8. The summed E-state index contributed by atoms with van der Waals surface area (Å²) in [6.45, 7) is 4.89. The van der Waals surface area contributed by atoms with E-state index in [9.17, 15) is 0 Å². The molecule has 3 heterocycles. The molecule has 2 fully saturated rings. The van der Waals surface area contributed by atoms with Crippen LogP contribution in [0.1, 0.15) is 49.3 Å². The lowest BCUT2D eigenvalue weighted by Gasteiger charge is -2.45. The highest BCUT2D eigenvalue weighted by atomic mass is 127. The average Bonchev–Trinajstić information content (AvgIpc) is 3.28. The van der Waals surface area contributed by atoms with Crippen LogP contribution < -0.4 is 5.32 Å². The van der Waals surface area contributed by atoms with E-state index < -0.39 is 0 Å². The highest BCUT2D eigenvalue weighted by Gasteiger charge is 2.50. The van der Waals surface area contributed by atoms with E-state index in [0.717, 1.165) is 12.3 Å². The van der Waals surface area contributed by atoms with Gasteiger partial charge < -0.3 is 10.1 Å². The summed E-state index contributed by atoms with van der Waals surface area (Å²) in [5, 5.41) is 8.31. The van der Waals surface area contributed by atoms with Gasteiger partial charge in [-0.05, 0) is 53.5 Å². The summed E-state index contributed by atoms with van der Waals surface area (Å²) < 4.78 is 6.25. The largest absolute Gasteiger partial charge is 0.367 e. The molecule has 138 valence electrons. The van der Waals surface area contributed by atoms with E-state index in [2.05, 4.69) is 54.2 Å². The molecule has 3 unspecified atom stereocenters. The van der Waals surface area contributed by atoms with E-state index in [4.69, 9.17) is 4.74 Å². The van der Waals surface area contributed by atoms with Crippen molar-refractivity contribution in [3.05, 3.63) is 44.8 Å². The third kappa shape index (κ3) is 3.35. The van der Waals surface area contributed by atoms with Gasteiger partial charge >= 0.3 is 0 Å². The highest BCUT2D eigenvalue weighted by molar-refractivity contribution is 14.0. The van der Waals surface area contributed by atoms with Gasteiger partial charge in [0, 0.05) is 35.4 Å². The van der Waals surface area contributed by atoms with Crippen LogP contribution in [0.3, 0.4) is 0 Å². The van der Waals surface area contributed by atoms with Gasteiger partial charge in [-0.1, -0.05) is 26.0 Å². The fourth-order valence-electron chi connectivity index (χ4n) is 4.93. The molecule has 1 aliphatic heterocycles. The number of ether oxygens (including phenoxy) is 1. The molecule has 1 saturated carbocycles. The number of piperidine rings is 1. The Bertz CT molecular complexity index is 618. The van der Waals surface area contributed by atoms with Gasteiger partial charge in [-0.3, -0.25) is 0 Å². The first-order chi connectivity index (χ1) is 11.6. The minimum absolute atomic E-state index is 0. The van der Waals surface area contributed by atoms with Crippen LogP contribution in [-0.2, 0) is 10.3 Å². The Labute approximate surface area is 176 Å². The molecule has 2 aromatic heterocycles. The zero-order valence-corrected chi connectivity index (χ0v) is 19.1. The molecule has 1 saturated heterocycles. The Morgan fingerprint density at radius 2 is 1.80 bits per heavy atom. The van der Waals surface area contributed by atoms with E-state index in [-0.39, 0.29) is 29.6 Å². The van der Waals surface area contributed by atoms with Crippen LogP contribution in [0.2, 0.25) is 0 Å². The zero-order valence-electron chi connectivity index (χ0n) is 15.2. The quantitative estimate of drug-likeness (QED) is 0.530. The molecule has 0 radical (unpaired) electrons. The Morgan fingerprint density at radius 1 is 1.16 bits per heavy atom. The SMILES string of the molecule is COC(CC1CC2CCC(N1)C2(C)C)(c1cccs1)c1cccs1.I. The third-order valence-electron chi connectivity index (χ3n) is 6.48. The van der Waals surface area contributed by atoms with Gasteiger partial charge in [0.05, 0.1) is 0 Å². The summed E-state index contributed by atoms with van der Waals surface area (Å²) >= 11 is 3.62. The molecule has 2 aliphatic rings. The Kier molecular flexibility index (Phi) is 6.01. The van der Waals surface area contributed by atoms with Crippen LogP contribution in [-0.4, -0.2) is 19.2 Å². The predicted octanol–water partition coefficient (Wildman–Crippen LogP) is 5.87. The monoisotopic (exact) mass is 489 g/mol. The van der Waals surface area contributed by atoms with Crippen molar-refractivity contribution in [2.45, 2.75) is 57.2 Å². The van der Waals surface area contributed by atoms with Crippen LogP contribution in [0.5, 0.6) is 0 Å². The minimum atomic E-state index is -0.305. The molecule has 1 aliphatic carbocycles. The maximum Gasteiger partial charge on any atom is 0.137 e. The van der Waals surface area contributed by atoms with Crippen LogP contribution in [0.4, 0.5) is 0 Å². The molecule has 3 atom stereocenters. The van der Waals surface area contributed by atoms with Gasteiger partial charge in [-0.25, -0.2) is 0 Å². The number of halogens is 1. The molecule has 0 aromatic carbocycles. The van der Waals surface area contributed by atoms with Gasteiger partial charge in [0.25, 0.3) is 0 Å². The average molecular weight is 489 g/mol. The van der Waals surface area contributed by atoms with Gasteiger partial charge in [-0.15, -0.1) is 46.7 Å². The molecule has 25 heavy (non-hydrogen) atoms. The van der Waals surface area contributed by atoms with Crippen molar-refractivity contribution in [1.82, 2.24) is 5.32 Å². The lowest BCUT2D eigenvalue weighted by molar-refractivity contribution is -0.00186. The summed E-state index contributed by atoms with van der Waals surface area (Å²) in [4.78, 5) is 2.65. The smallest absolute Gasteiger partial charge is 0.137 e. The van der Waals surface area contributed by atoms with E-state index in [1.807, 2.05) is 29.8 Å².